The average molecular weight is 228 g/mol. The summed E-state index contributed by atoms with van der Waals surface area (Å²) in [4.78, 5) is 23.0. The SMILES string of the molecule is COC(OC)C(=O)CC(=O)c1ccsc1. The lowest BCUT2D eigenvalue weighted by molar-refractivity contribution is -0.155. The van der Waals surface area contributed by atoms with Crippen molar-refractivity contribution in [1.82, 2.24) is 0 Å². The van der Waals surface area contributed by atoms with E-state index < -0.39 is 6.29 Å². The van der Waals surface area contributed by atoms with E-state index in [-0.39, 0.29) is 18.0 Å². The number of hydrogen-bond donors (Lipinski definition) is 0. The number of ether oxygens (including phenoxy) is 2. The second-order valence-corrected chi connectivity index (χ2v) is 3.66. The number of ketones is 2. The normalized spacial score (nSPS) is 10.6. The number of carbonyl (C=O) groups is 2. The summed E-state index contributed by atoms with van der Waals surface area (Å²) in [5, 5.41) is 3.51. The Hall–Kier alpha value is -1.04. The van der Waals surface area contributed by atoms with Gasteiger partial charge in [-0.15, -0.1) is 0 Å². The molecule has 0 aliphatic heterocycles. The Morgan fingerprint density at radius 1 is 1.40 bits per heavy atom. The summed E-state index contributed by atoms with van der Waals surface area (Å²) < 4.78 is 9.52. The maximum absolute atomic E-state index is 11.5. The lowest BCUT2D eigenvalue weighted by Gasteiger charge is -2.10. The molecule has 1 aromatic heterocycles. The third kappa shape index (κ3) is 3.23. The highest BCUT2D eigenvalue weighted by Crippen LogP contribution is 2.10. The van der Waals surface area contributed by atoms with Crippen LogP contribution < -0.4 is 0 Å². The minimum atomic E-state index is -0.951. The standard InChI is InChI=1S/C10H12O4S/c1-13-10(14-2)9(12)5-8(11)7-3-4-15-6-7/h3-4,6,10H,5H2,1-2H3. The molecule has 0 spiro atoms. The van der Waals surface area contributed by atoms with Gasteiger partial charge in [0, 0.05) is 25.2 Å². The van der Waals surface area contributed by atoms with Crippen LogP contribution in [0.4, 0.5) is 0 Å². The van der Waals surface area contributed by atoms with Gasteiger partial charge in [0.05, 0.1) is 6.42 Å². The van der Waals surface area contributed by atoms with Crippen LogP contribution in [0.2, 0.25) is 0 Å². The zero-order chi connectivity index (χ0) is 11.3. The first kappa shape index (κ1) is 12.0. The lowest BCUT2D eigenvalue weighted by Crippen LogP contribution is -2.26. The van der Waals surface area contributed by atoms with Gasteiger partial charge in [-0.2, -0.15) is 11.3 Å². The van der Waals surface area contributed by atoms with Gasteiger partial charge in [0.15, 0.2) is 11.6 Å². The molecule has 1 rings (SSSR count). The Kier molecular flexibility index (Phi) is 4.61. The van der Waals surface area contributed by atoms with E-state index in [2.05, 4.69) is 0 Å². The van der Waals surface area contributed by atoms with E-state index >= 15 is 0 Å². The molecule has 0 unspecified atom stereocenters. The van der Waals surface area contributed by atoms with Crippen LogP contribution in [0, 0.1) is 0 Å². The smallest absolute Gasteiger partial charge is 0.217 e. The predicted octanol–water partition coefficient (Wildman–Crippen LogP) is 1.51. The van der Waals surface area contributed by atoms with Crippen molar-refractivity contribution in [3.8, 4) is 0 Å². The molecule has 0 aliphatic carbocycles. The van der Waals surface area contributed by atoms with Gasteiger partial charge < -0.3 is 9.47 Å². The molecule has 0 aliphatic rings. The molecule has 0 atom stereocenters. The highest BCUT2D eigenvalue weighted by atomic mass is 32.1. The van der Waals surface area contributed by atoms with Crippen LogP contribution in [0.3, 0.4) is 0 Å². The quantitative estimate of drug-likeness (QED) is 0.420. The zero-order valence-corrected chi connectivity index (χ0v) is 9.37. The van der Waals surface area contributed by atoms with Crippen molar-refractivity contribution in [2.75, 3.05) is 14.2 Å². The molecule has 0 bridgehead atoms. The Balaban J connectivity index is 2.55. The molecule has 15 heavy (non-hydrogen) atoms. The van der Waals surface area contributed by atoms with Gasteiger partial charge in [-0.1, -0.05) is 0 Å². The average Bonchev–Trinajstić information content (AvgIpc) is 2.72. The Labute approximate surface area is 91.8 Å². The maximum Gasteiger partial charge on any atom is 0.217 e. The summed E-state index contributed by atoms with van der Waals surface area (Å²) in [6.45, 7) is 0. The molecular weight excluding hydrogens is 216 g/mol. The molecule has 0 radical (unpaired) electrons. The summed E-state index contributed by atoms with van der Waals surface area (Å²) in [5.41, 5.74) is 0.555. The molecule has 0 N–H and O–H groups in total. The summed E-state index contributed by atoms with van der Waals surface area (Å²) in [7, 11) is 2.72. The molecule has 0 saturated heterocycles. The number of methoxy groups -OCH3 is 2. The van der Waals surface area contributed by atoms with E-state index in [4.69, 9.17) is 9.47 Å². The largest absolute Gasteiger partial charge is 0.349 e. The molecule has 5 heteroatoms. The monoisotopic (exact) mass is 228 g/mol. The lowest BCUT2D eigenvalue weighted by atomic mass is 10.1. The number of hydrogen-bond acceptors (Lipinski definition) is 5. The zero-order valence-electron chi connectivity index (χ0n) is 8.56. The van der Waals surface area contributed by atoms with Crippen LogP contribution in [-0.2, 0) is 14.3 Å². The third-order valence-electron chi connectivity index (χ3n) is 1.87. The van der Waals surface area contributed by atoms with Gasteiger partial charge in [0.25, 0.3) is 0 Å². The number of Topliss-reactive ketones (excluding diaryl/α,β-unsaturated/α-hetero) is 2. The fraction of sp³-hybridized carbons (Fsp3) is 0.400. The fourth-order valence-electron chi connectivity index (χ4n) is 1.13. The van der Waals surface area contributed by atoms with Gasteiger partial charge in [-0.05, 0) is 11.4 Å². The highest BCUT2D eigenvalue weighted by Gasteiger charge is 2.20. The van der Waals surface area contributed by atoms with Gasteiger partial charge in [-0.3, -0.25) is 9.59 Å². The molecule has 82 valence electrons. The van der Waals surface area contributed by atoms with Crippen LogP contribution in [0.5, 0.6) is 0 Å². The van der Waals surface area contributed by atoms with Crippen LogP contribution >= 0.6 is 11.3 Å². The van der Waals surface area contributed by atoms with E-state index in [1.807, 2.05) is 0 Å². The summed E-state index contributed by atoms with van der Waals surface area (Å²) >= 11 is 1.42. The molecule has 0 aromatic carbocycles. The molecule has 1 aromatic rings. The van der Waals surface area contributed by atoms with Crippen molar-refractivity contribution in [3.05, 3.63) is 22.4 Å². The van der Waals surface area contributed by atoms with Crippen molar-refractivity contribution in [2.24, 2.45) is 0 Å². The minimum Gasteiger partial charge on any atom is -0.349 e. The van der Waals surface area contributed by atoms with E-state index in [0.29, 0.717) is 5.56 Å². The first-order valence-electron chi connectivity index (χ1n) is 4.32. The van der Waals surface area contributed by atoms with Gasteiger partial charge >= 0.3 is 0 Å². The molecule has 1 heterocycles. The van der Waals surface area contributed by atoms with Crippen molar-refractivity contribution in [1.29, 1.82) is 0 Å². The Morgan fingerprint density at radius 2 is 2.07 bits per heavy atom. The van der Waals surface area contributed by atoms with Crippen LogP contribution in [-0.4, -0.2) is 32.1 Å². The second-order valence-electron chi connectivity index (χ2n) is 2.88. The van der Waals surface area contributed by atoms with Crippen LogP contribution in [0.15, 0.2) is 16.8 Å². The van der Waals surface area contributed by atoms with E-state index in [9.17, 15) is 9.59 Å². The predicted molar refractivity (Wildman–Crippen MR) is 56.1 cm³/mol. The van der Waals surface area contributed by atoms with E-state index in [1.165, 1.54) is 25.6 Å². The van der Waals surface area contributed by atoms with E-state index in [0.717, 1.165) is 0 Å². The minimum absolute atomic E-state index is 0.191. The Bertz CT molecular complexity index is 327. The number of thiophene rings is 1. The highest BCUT2D eigenvalue weighted by molar-refractivity contribution is 7.08. The first-order chi connectivity index (χ1) is 7.19. The topological polar surface area (TPSA) is 52.6 Å². The van der Waals surface area contributed by atoms with Gasteiger partial charge in [0.1, 0.15) is 0 Å². The second kappa shape index (κ2) is 5.75. The van der Waals surface area contributed by atoms with Crippen molar-refractivity contribution in [2.45, 2.75) is 12.7 Å². The van der Waals surface area contributed by atoms with E-state index in [1.54, 1.807) is 16.8 Å². The number of rotatable bonds is 6. The molecule has 0 amide bonds. The fourth-order valence-corrected chi connectivity index (χ4v) is 1.79. The number of carbonyl (C=O) groups excluding carboxylic acids is 2. The summed E-state index contributed by atoms with van der Waals surface area (Å²) in [6, 6.07) is 1.69. The molecule has 4 nitrogen and oxygen atoms in total. The van der Waals surface area contributed by atoms with Crippen LogP contribution in [0.25, 0.3) is 0 Å². The van der Waals surface area contributed by atoms with Crippen molar-refractivity contribution < 1.29 is 19.1 Å². The third-order valence-corrected chi connectivity index (χ3v) is 2.55. The van der Waals surface area contributed by atoms with Gasteiger partial charge in [0.2, 0.25) is 6.29 Å². The first-order valence-corrected chi connectivity index (χ1v) is 5.27. The van der Waals surface area contributed by atoms with Crippen molar-refractivity contribution >= 4 is 22.9 Å². The maximum atomic E-state index is 11.5. The van der Waals surface area contributed by atoms with Gasteiger partial charge in [-0.25, -0.2) is 0 Å². The van der Waals surface area contributed by atoms with Crippen molar-refractivity contribution in [3.63, 3.8) is 0 Å². The molecule has 0 fully saturated rings. The summed E-state index contributed by atoms with van der Waals surface area (Å²) in [5.74, 6) is -0.573. The Morgan fingerprint density at radius 3 is 2.53 bits per heavy atom. The molecule has 0 saturated carbocycles. The molecular formula is C10H12O4S. The summed E-state index contributed by atoms with van der Waals surface area (Å²) in [6.07, 6.45) is -1.14. The van der Waals surface area contributed by atoms with Crippen LogP contribution in [0.1, 0.15) is 16.8 Å².